The zero-order valence-electron chi connectivity index (χ0n) is 10.2. The number of aromatic nitrogens is 3. The summed E-state index contributed by atoms with van der Waals surface area (Å²) >= 11 is 0. The van der Waals surface area contributed by atoms with Crippen molar-refractivity contribution in [3.8, 4) is 0 Å². The van der Waals surface area contributed by atoms with Gasteiger partial charge in [-0.2, -0.15) is 5.10 Å². The number of hydrogen-bond acceptors (Lipinski definition) is 2. The SMILES string of the molecule is Cc1c(NCc2cccn2C)cnn1CCF. The maximum atomic E-state index is 12.2. The highest BCUT2D eigenvalue weighted by Gasteiger charge is 2.06. The molecule has 0 bridgehead atoms. The summed E-state index contributed by atoms with van der Waals surface area (Å²) < 4.78 is 16.0. The van der Waals surface area contributed by atoms with Gasteiger partial charge in [0.15, 0.2) is 0 Å². The second kappa shape index (κ2) is 5.03. The van der Waals surface area contributed by atoms with Crippen LogP contribution < -0.4 is 5.32 Å². The summed E-state index contributed by atoms with van der Waals surface area (Å²) in [6.07, 6.45) is 3.75. The highest BCUT2D eigenvalue weighted by molar-refractivity contribution is 5.46. The topological polar surface area (TPSA) is 34.8 Å². The highest BCUT2D eigenvalue weighted by Crippen LogP contribution is 2.14. The molecule has 0 aromatic carbocycles. The molecule has 92 valence electrons. The minimum absolute atomic E-state index is 0.317. The summed E-state index contributed by atoms with van der Waals surface area (Å²) in [5, 5.41) is 7.44. The molecule has 0 amide bonds. The third kappa shape index (κ3) is 2.49. The van der Waals surface area contributed by atoms with Crippen molar-refractivity contribution in [3.05, 3.63) is 35.9 Å². The number of halogens is 1. The zero-order valence-corrected chi connectivity index (χ0v) is 10.2. The molecule has 0 unspecified atom stereocenters. The minimum atomic E-state index is -0.389. The van der Waals surface area contributed by atoms with Crippen LogP contribution in [-0.4, -0.2) is 21.0 Å². The first-order chi connectivity index (χ1) is 8.22. The lowest BCUT2D eigenvalue weighted by Gasteiger charge is -2.07. The number of aryl methyl sites for hydroxylation is 2. The molecule has 0 radical (unpaired) electrons. The van der Waals surface area contributed by atoms with Gasteiger partial charge < -0.3 is 9.88 Å². The van der Waals surface area contributed by atoms with E-state index in [9.17, 15) is 4.39 Å². The number of alkyl halides is 1. The molecule has 1 N–H and O–H groups in total. The first-order valence-corrected chi connectivity index (χ1v) is 5.65. The molecule has 0 aliphatic rings. The molecule has 0 aliphatic carbocycles. The van der Waals surface area contributed by atoms with Gasteiger partial charge in [0, 0.05) is 18.9 Å². The Bertz CT molecular complexity index is 486. The van der Waals surface area contributed by atoms with Gasteiger partial charge in [0.1, 0.15) is 6.67 Å². The molecule has 2 rings (SSSR count). The fourth-order valence-corrected chi connectivity index (χ4v) is 1.79. The van der Waals surface area contributed by atoms with E-state index in [4.69, 9.17) is 0 Å². The minimum Gasteiger partial charge on any atom is -0.377 e. The van der Waals surface area contributed by atoms with Crippen molar-refractivity contribution in [2.24, 2.45) is 7.05 Å². The molecule has 17 heavy (non-hydrogen) atoms. The normalized spacial score (nSPS) is 10.8. The van der Waals surface area contributed by atoms with Gasteiger partial charge in [-0.15, -0.1) is 0 Å². The van der Waals surface area contributed by atoms with Crippen molar-refractivity contribution >= 4 is 5.69 Å². The van der Waals surface area contributed by atoms with Crippen molar-refractivity contribution in [3.63, 3.8) is 0 Å². The molecule has 5 heteroatoms. The summed E-state index contributed by atoms with van der Waals surface area (Å²) in [5.41, 5.74) is 3.12. The van der Waals surface area contributed by atoms with Gasteiger partial charge in [0.2, 0.25) is 0 Å². The van der Waals surface area contributed by atoms with Gasteiger partial charge in [-0.25, -0.2) is 4.39 Å². The molecule has 0 aliphatic heterocycles. The molecule has 0 saturated carbocycles. The third-order valence-electron chi connectivity index (χ3n) is 2.91. The fraction of sp³-hybridized carbons (Fsp3) is 0.417. The number of nitrogens with one attached hydrogen (secondary N) is 1. The van der Waals surface area contributed by atoms with Crippen LogP contribution in [0, 0.1) is 6.92 Å². The van der Waals surface area contributed by atoms with E-state index in [2.05, 4.69) is 21.0 Å². The lowest BCUT2D eigenvalue weighted by atomic mass is 10.3. The summed E-state index contributed by atoms with van der Waals surface area (Å²) in [6, 6.07) is 4.07. The van der Waals surface area contributed by atoms with Crippen LogP contribution in [0.25, 0.3) is 0 Å². The molecule has 0 fully saturated rings. The van der Waals surface area contributed by atoms with Gasteiger partial charge in [-0.05, 0) is 19.1 Å². The smallest absolute Gasteiger partial charge is 0.109 e. The number of anilines is 1. The Morgan fingerprint density at radius 1 is 1.47 bits per heavy atom. The van der Waals surface area contributed by atoms with Crippen LogP contribution in [0.5, 0.6) is 0 Å². The zero-order chi connectivity index (χ0) is 12.3. The standard InChI is InChI=1S/C12H17FN4/c1-10-12(9-15-17(10)7-5-13)14-8-11-4-3-6-16(11)2/h3-4,6,9,14H,5,7-8H2,1-2H3. The molecule has 0 saturated heterocycles. The van der Waals surface area contributed by atoms with E-state index < -0.39 is 0 Å². The van der Waals surface area contributed by atoms with Gasteiger partial charge >= 0.3 is 0 Å². The first-order valence-electron chi connectivity index (χ1n) is 5.65. The molecule has 2 aromatic rings. The van der Waals surface area contributed by atoms with Crippen molar-refractivity contribution in [1.29, 1.82) is 0 Å². The fourth-order valence-electron chi connectivity index (χ4n) is 1.79. The Morgan fingerprint density at radius 2 is 2.29 bits per heavy atom. The summed E-state index contributed by atoms with van der Waals surface area (Å²) in [4.78, 5) is 0. The monoisotopic (exact) mass is 236 g/mol. The Kier molecular flexibility index (Phi) is 3.46. The highest BCUT2D eigenvalue weighted by atomic mass is 19.1. The molecular weight excluding hydrogens is 219 g/mol. The van der Waals surface area contributed by atoms with Crippen LogP contribution in [-0.2, 0) is 20.1 Å². The van der Waals surface area contributed by atoms with Gasteiger partial charge in [-0.3, -0.25) is 4.68 Å². The molecule has 2 heterocycles. The van der Waals surface area contributed by atoms with Gasteiger partial charge in [0.05, 0.1) is 30.7 Å². The number of nitrogens with zero attached hydrogens (tertiary/aromatic N) is 3. The van der Waals surface area contributed by atoms with Crippen molar-refractivity contribution < 1.29 is 4.39 Å². The maximum Gasteiger partial charge on any atom is 0.109 e. The van der Waals surface area contributed by atoms with Gasteiger partial charge in [-0.1, -0.05) is 0 Å². The van der Waals surface area contributed by atoms with E-state index >= 15 is 0 Å². The Labute approximate surface area is 100 Å². The van der Waals surface area contributed by atoms with Crippen LogP contribution in [0.2, 0.25) is 0 Å². The average molecular weight is 236 g/mol. The predicted molar refractivity (Wildman–Crippen MR) is 65.7 cm³/mol. The second-order valence-corrected chi connectivity index (χ2v) is 4.02. The van der Waals surface area contributed by atoms with Crippen LogP contribution in [0.1, 0.15) is 11.4 Å². The third-order valence-corrected chi connectivity index (χ3v) is 2.91. The Hall–Kier alpha value is -1.78. The Balaban J connectivity index is 2.02. The molecule has 0 atom stereocenters. The average Bonchev–Trinajstić information content (AvgIpc) is 2.86. The van der Waals surface area contributed by atoms with E-state index in [0.29, 0.717) is 6.54 Å². The van der Waals surface area contributed by atoms with Crippen LogP contribution in [0.15, 0.2) is 24.5 Å². The lowest BCUT2D eigenvalue weighted by molar-refractivity contribution is 0.423. The second-order valence-electron chi connectivity index (χ2n) is 4.02. The largest absolute Gasteiger partial charge is 0.377 e. The van der Waals surface area contributed by atoms with Crippen molar-refractivity contribution in [2.45, 2.75) is 20.0 Å². The number of rotatable bonds is 5. The summed E-state index contributed by atoms with van der Waals surface area (Å²) in [7, 11) is 2.01. The van der Waals surface area contributed by atoms with E-state index in [-0.39, 0.29) is 6.67 Å². The molecule has 4 nitrogen and oxygen atoms in total. The van der Waals surface area contributed by atoms with E-state index in [1.54, 1.807) is 10.9 Å². The van der Waals surface area contributed by atoms with Crippen LogP contribution in [0.4, 0.5) is 10.1 Å². The van der Waals surface area contributed by atoms with E-state index in [0.717, 1.165) is 17.9 Å². The molecule has 2 aromatic heterocycles. The summed E-state index contributed by atoms with van der Waals surface area (Å²) in [6.45, 7) is 2.61. The predicted octanol–water partition coefficient (Wildman–Crippen LogP) is 2.11. The molecule has 0 spiro atoms. The lowest BCUT2D eigenvalue weighted by Crippen LogP contribution is -2.06. The Morgan fingerprint density at radius 3 is 2.94 bits per heavy atom. The van der Waals surface area contributed by atoms with Crippen molar-refractivity contribution in [1.82, 2.24) is 14.3 Å². The first kappa shape index (κ1) is 11.7. The van der Waals surface area contributed by atoms with Gasteiger partial charge in [0.25, 0.3) is 0 Å². The summed E-state index contributed by atoms with van der Waals surface area (Å²) in [5.74, 6) is 0. The van der Waals surface area contributed by atoms with E-state index in [1.807, 2.05) is 26.2 Å². The van der Waals surface area contributed by atoms with Crippen LogP contribution in [0.3, 0.4) is 0 Å². The molecular formula is C12H17FN4. The number of hydrogen-bond donors (Lipinski definition) is 1. The van der Waals surface area contributed by atoms with Crippen molar-refractivity contribution in [2.75, 3.05) is 12.0 Å². The van der Waals surface area contributed by atoms with Crippen LogP contribution >= 0.6 is 0 Å². The van der Waals surface area contributed by atoms with E-state index in [1.165, 1.54) is 5.69 Å². The quantitative estimate of drug-likeness (QED) is 0.863. The maximum absolute atomic E-state index is 12.2.